The Morgan fingerprint density at radius 1 is 0.590 bits per heavy atom. The number of aliphatic imine (C=N–C) groups is 2. The van der Waals surface area contributed by atoms with Crippen LogP contribution in [0.3, 0.4) is 0 Å². The van der Waals surface area contributed by atoms with E-state index >= 15 is 0 Å². The summed E-state index contributed by atoms with van der Waals surface area (Å²) in [6, 6.07) is 8.50. The third-order valence-corrected chi connectivity index (χ3v) is 9.24. The van der Waals surface area contributed by atoms with Gasteiger partial charge in [-0.3, -0.25) is 38.8 Å². The van der Waals surface area contributed by atoms with Gasteiger partial charge in [-0.1, -0.05) is 56.3 Å². The van der Waals surface area contributed by atoms with Crippen molar-refractivity contribution < 1.29 is 33.9 Å². The maximum absolute atomic E-state index is 14.1. The van der Waals surface area contributed by atoms with Gasteiger partial charge in [0.2, 0.25) is 35.4 Å². The van der Waals surface area contributed by atoms with E-state index in [9.17, 15) is 33.9 Å². The minimum Gasteiger partial charge on any atom is -0.508 e. The van der Waals surface area contributed by atoms with Crippen LogP contribution in [0.2, 0.25) is 0 Å². The van der Waals surface area contributed by atoms with Crippen LogP contribution < -0.4 is 60.6 Å². The van der Waals surface area contributed by atoms with Crippen molar-refractivity contribution in [1.82, 2.24) is 31.9 Å². The van der Waals surface area contributed by atoms with Gasteiger partial charge in [-0.05, 0) is 81.5 Å². The Kier molecular flexibility index (Phi) is 22.1. The Balaban J connectivity index is 2.30. The van der Waals surface area contributed by atoms with Crippen molar-refractivity contribution in [3.63, 3.8) is 0 Å². The number of guanidine groups is 2. The molecule has 0 aromatic heterocycles. The predicted octanol–water partition coefficient (Wildman–Crippen LogP) is -1.76. The lowest BCUT2D eigenvalue weighted by molar-refractivity contribution is -0.135. The Morgan fingerprint density at radius 2 is 1.07 bits per heavy atom. The fourth-order valence-electron chi connectivity index (χ4n) is 6.08. The fraction of sp³-hybridized carbons (Fsp3) is 0.512. The molecule has 2 aromatic carbocycles. The standard InChI is InChI=1S/C41H65N13O7/c1-5-47-36(58)30(13-9-19-48-40(43)44)51-37(59)31(14-10-20-49-41(45)46)52-38(60)32(21-24(2)3)54-39(61)33(23-26-11-7-6-8-12-26)53-34(56)25(4)50-35(57)29(42)22-27-15-17-28(55)18-16-27/h6-8,11-12,15-18,24-25,29-33,55H,5,9-10,13-14,19-23,42H2,1-4H3,(H,47,58)(H,50,57)(H,51,59)(H,52,60)(H,53,56)(H,54,61)(H4,43,44,48)(H4,45,46,49)/t25-,29+,30+,31+,32+,33+/m1/s1. The molecule has 0 bridgehead atoms. The van der Waals surface area contributed by atoms with Gasteiger partial charge in [-0.15, -0.1) is 0 Å². The molecule has 0 aliphatic heterocycles. The molecule has 2 aromatic rings. The molecule has 0 spiro atoms. The highest BCUT2D eigenvalue weighted by molar-refractivity contribution is 5.96. The van der Waals surface area contributed by atoms with Crippen LogP contribution in [-0.2, 0) is 41.6 Å². The van der Waals surface area contributed by atoms with Crippen LogP contribution in [0.5, 0.6) is 5.75 Å². The summed E-state index contributed by atoms with van der Waals surface area (Å²) in [7, 11) is 0. The Labute approximate surface area is 357 Å². The van der Waals surface area contributed by atoms with Crippen molar-refractivity contribution in [3.05, 3.63) is 65.7 Å². The average Bonchev–Trinajstić information content (AvgIpc) is 3.20. The topological polar surface area (TPSA) is 350 Å². The van der Waals surface area contributed by atoms with Gasteiger partial charge < -0.3 is 65.7 Å². The molecule has 6 amide bonds. The number of phenols is 1. The largest absolute Gasteiger partial charge is 0.508 e. The first-order valence-electron chi connectivity index (χ1n) is 20.4. The van der Waals surface area contributed by atoms with Gasteiger partial charge in [-0.25, -0.2) is 0 Å². The van der Waals surface area contributed by atoms with E-state index in [4.69, 9.17) is 28.7 Å². The first kappa shape index (κ1) is 50.7. The molecule has 0 unspecified atom stereocenters. The van der Waals surface area contributed by atoms with Gasteiger partial charge in [0, 0.05) is 26.1 Å². The summed E-state index contributed by atoms with van der Waals surface area (Å²) >= 11 is 0. The molecule has 0 aliphatic rings. The molecular weight excluding hydrogens is 787 g/mol. The Bertz CT molecular complexity index is 1780. The van der Waals surface area contributed by atoms with E-state index in [2.05, 4.69) is 41.9 Å². The molecule has 336 valence electrons. The monoisotopic (exact) mass is 852 g/mol. The van der Waals surface area contributed by atoms with Crippen molar-refractivity contribution in [2.75, 3.05) is 19.6 Å². The molecular formula is C41H65N13O7. The highest BCUT2D eigenvalue weighted by Gasteiger charge is 2.32. The summed E-state index contributed by atoms with van der Waals surface area (Å²) in [5, 5.41) is 25.8. The lowest BCUT2D eigenvalue weighted by atomic mass is 10.00. The van der Waals surface area contributed by atoms with Crippen LogP contribution in [0.25, 0.3) is 0 Å². The van der Waals surface area contributed by atoms with E-state index in [1.807, 2.05) is 13.8 Å². The maximum Gasteiger partial charge on any atom is 0.243 e. The number of likely N-dealkylation sites (N-methyl/N-ethyl adjacent to an activating group) is 1. The van der Waals surface area contributed by atoms with Crippen molar-refractivity contribution in [2.45, 2.75) is 109 Å². The van der Waals surface area contributed by atoms with Gasteiger partial charge in [-0.2, -0.15) is 0 Å². The number of amides is 6. The van der Waals surface area contributed by atoms with Gasteiger partial charge in [0.25, 0.3) is 0 Å². The Morgan fingerprint density at radius 3 is 1.59 bits per heavy atom. The number of rotatable bonds is 26. The first-order chi connectivity index (χ1) is 28.9. The molecule has 0 radical (unpaired) electrons. The van der Waals surface area contributed by atoms with E-state index in [1.165, 1.54) is 19.1 Å². The van der Waals surface area contributed by atoms with Crippen molar-refractivity contribution in [1.29, 1.82) is 0 Å². The predicted molar refractivity (Wildman–Crippen MR) is 233 cm³/mol. The molecule has 17 N–H and O–H groups in total. The first-order valence-corrected chi connectivity index (χ1v) is 20.4. The number of nitrogens with zero attached hydrogens (tertiary/aromatic N) is 2. The normalized spacial score (nSPS) is 13.8. The van der Waals surface area contributed by atoms with Crippen molar-refractivity contribution >= 4 is 47.4 Å². The number of nitrogens with two attached hydrogens (primary N) is 5. The number of nitrogens with one attached hydrogen (secondary N) is 6. The third-order valence-electron chi connectivity index (χ3n) is 9.24. The highest BCUT2D eigenvalue weighted by atomic mass is 16.3. The smallest absolute Gasteiger partial charge is 0.243 e. The van der Waals surface area contributed by atoms with Crippen molar-refractivity contribution in [3.8, 4) is 5.75 Å². The number of benzene rings is 2. The van der Waals surface area contributed by atoms with E-state index in [-0.39, 0.29) is 75.2 Å². The number of carbonyl (C=O) groups is 6. The second-order valence-corrected chi connectivity index (χ2v) is 15.1. The van der Waals surface area contributed by atoms with Gasteiger partial charge >= 0.3 is 0 Å². The van der Waals surface area contributed by atoms with E-state index in [0.717, 1.165) is 0 Å². The SMILES string of the molecule is CCNC(=O)[C@H](CCCN=C(N)N)NC(=O)[C@H](CCCN=C(N)N)NC(=O)[C@H](CC(C)C)NC(=O)[C@H](Cc1ccccc1)NC(=O)[C@@H](C)NC(=O)[C@@H](N)Cc1ccc(O)cc1. The molecule has 0 saturated heterocycles. The van der Waals surface area contributed by atoms with Crippen molar-refractivity contribution in [2.24, 2.45) is 44.6 Å². The van der Waals surface area contributed by atoms with Crippen LogP contribution in [0.15, 0.2) is 64.6 Å². The van der Waals surface area contributed by atoms with E-state index in [1.54, 1.807) is 49.4 Å². The number of hydrogen-bond acceptors (Lipinski definition) is 10. The minimum atomic E-state index is -1.20. The summed E-state index contributed by atoms with van der Waals surface area (Å²) in [5.41, 5.74) is 29.3. The maximum atomic E-state index is 14.1. The summed E-state index contributed by atoms with van der Waals surface area (Å²) in [5.74, 6) is -4.04. The number of carbonyl (C=O) groups excluding carboxylic acids is 6. The second kappa shape index (κ2) is 26.6. The summed E-state index contributed by atoms with van der Waals surface area (Å²) in [6.07, 6.45) is 1.24. The zero-order valence-electron chi connectivity index (χ0n) is 35.5. The lowest BCUT2D eigenvalue weighted by Gasteiger charge is -2.28. The molecule has 61 heavy (non-hydrogen) atoms. The van der Waals surface area contributed by atoms with Gasteiger partial charge in [0.1, 0.15) is 36.0 Å². The van der Waals surface area contributed by atoms with Crippen LogP contribution in [0.4, 0.5) is 0 Å². The van der Waals surface area contributed by atoms with Crippen LogP contribution in [0.1, 0.15) is 70.9 Å². The van der Waals surface area contributed by atoms with Crippen LogP contribution in [-0.4, -0.2) is 108 Å². The quantitative estimate of drug-likeness (QED) is 0.0285. The van der Waals surface area contributed by atoms with Crippen LogP contribution in [0, 0.1) is 5.92 Å². The summed E-state index contributed by atoms with van der Waals surface area (Å²) in [4.78, 5) is 89.3. The summed E-state index contributed by atoms with van der Waals surface area (Å²) < 4.78 is 0. The Hall–Kier alpha value is -6.44. The van der Waals surface area contributed by atoms with Gasteiger partial charge in [0.15, 0.2) is 11.9 Å². The number of hydrogen-bond donors (Lipinski definition) is 12. The molecule has 6 atom stereocenters. The third kappa shape index (κ3) is 19.9. The molecule has 0 fully saturated rings. The average molecular weight is 852 g/mol. The number of phenolic OH excluding ortho intramolecular Hbond substituents is 1. The molecule has 0 heterocycles. The zero-order chi connectivity index (χ0) is 45.5. The molecule has 20 nitrogen and oxygen atoms in total. The molecule has 0 saturated carbocycles. The summed E-state index contributed by atoms with van der Waals surface area (Å²) in [6.45, 7) is 7.57. The second-order valence-electron chi connectivity index (χ2n) is 15.1. The number of aromatic hydroxyl groups is 1. The van der Waals surface area contributed by atoms with Crippen LogP contribution >= 0.6 is 0 Å². The minimum absolute atomic E-state index is 0.0374. The molecule has 2 rings (SSSR count). The molecule has 0 aliphatic carbocycles. The molecule has 20 heteroatoms. The van der Waals surface area contributed by atoms with Gasteiger partial charge in [0.05, 0.1) is 6.04 Å². The highest BCUT2D eigenvalue weighted by Crippen LogP contribution is 2.12. The zero-order valence-corrected chi connectivity index (χ0v) is 35.5. The fourth-order valence-corrected chi connectivity index (χ4v) is 6.08. The van der Waals surface area contributed by atoms with E-state index in [0.29, 0.717) is 24.1 Å². The lowest BCUT2D eigenvalue weighted by Crippen LogP contribution is -2.59. The van der Waals surface area contributed by atoms with E-state index < -0.39 is 71.7 Å².